The molecule has 0 bridgehead atoms. The summed E-state index contributed by atoms with van der Waals surface area (Å²) in [5.41, 5.74) is 8.63. The van der Waals surface area contributed by atoms with Crippen LogP contribution in [0.3, 0.4) is 0 Å². The second-order valence-electron chi connectivity index (χ2n) is 7.09. The number of amides is 1. The van der Waals surface area contributed by atoms with Crippen molar-refractivity contribution in [1.29, 1.82) is 0 Å². The number of carbonyl (C=O) groups is 1. The van der Waals surface area contributed by atoms with Crippen molar-refractivity contribution in [2.75, 3.05) is 18.9 Å². The SMILES string of the molecule is Nc1ccc2c(c1)-c1c(c(C(=O)N3C=COCC3)nn1-c1ccccc1)CS2(=O)=O. The second-order valence-corrected chi connectivity index (χ2v) is 9.05. The molecule has 1 aromatic heterocycles. The molecule has 0 fully saturated rings. The number of benzene rings is 2. The fourth-order valence-electron chi connectivity index (χ4n) is 3.78. The molecule has 2 aliphatic heterocycles. The molecule has 9 heteroatoms. The van der Waals surface area contributed by atoms with Crippen LogP contribution in [0.1, 0.15) is 16.1 Å². The zero-order chi connectivity index (χ0) is 20.9. The van der Waals surface area contributed by atoms with Crippen LogP contribution in [0.4, 0.5) is 5.69 Å². The number of fused-ring (bicyclic) bond motifs is 3. The number of hydrogen-bond donors (Lipinski definition) is 1. The average Bonchev–Trinajstić information content (AvgIpc) is 3.13. The van der Waals surface area contributed by atoms with Crippen molar-refractivity contribution in [2.45, 2.75) is 10.6 Å². The van der Waals surface area contributed by atoms with E-state index in [2.05, 4.69) is 5.10 Å². The van der Waals surface area contributed by atoms with Crippen LogP contribution in [0.15, 0.2) is 65.9 Å². The molecule has 0 radical (unpaired) electrons. The molecule has 2 aliphatic rings. The monoisotopic (exact) mass is 422 g/mol. The summed E-state index contributed by atoms with van der Waals surface area (Å²) in [5, 5.41) is 4.58. The minimum Gasteiger partial charge on any atom is -0.498 e. The second kappa shape index (κ2) is 6.74. The lowest BCUT2D eigenvalue weighted by atomic mass is 10.0. The van der Waals surface area contributed by atoms with Crippen LogP contribution in [0.5, 0.6) is 0 Å². The third-order valence-electron chi connectivity index (χ3n) is 5.16. The maximum Gasteiger partial charge on any atom is 0.278 e. The fourth-order valence-corrected chi connectivity index (χ4v) is 5.35. The largest absolute Gasteiger partial charge is 0.498 e. The summed E-state index contributed by atoms with van der Waals surface area (Å²) in [7, 11) is -3.65. The summed E-state index contributed by atoms with van der Waals surface area (Å²) < 4.78 is 32.8. The lowest BCUT2D eigenvalue weighted by molar-refractivity contribution is 0.0745. The standard InChI is InChI=1S/C21H18N4O4S/c22-14-6-7-18-16(12-14)20-17(13-30(18,27)28)19(21(26)24-8-10-29-11-9-24)23-25(20)15-4-2-1-3-5-15/h1-8,10,12H,9,11,13,22H2. The van der Waals surface area contributed by atoms with Crippen LogP contribution in [0.25, 0.3) is 16.9 Å². The smallest absolute Gasteiger partial charge is 0.278 e. The van der Waals surface area contributed by atoms with Gasteiger partial charge in [0, 0.05) is 23.0 Å². The molecule has 8 nitrogen and oxygen atoms in total. The van der Waals surface area contributed by atoms with Crippen molar-refractivity contribution in [3.05, 3.63) is 72.3 Å². The lowest BCUT2D eigenvalue weighted by Gasteiger charge is -2.22. The molecule has 3 aromatic rings. The number of carbonyl (C=O) groups excluding carboxylic acids is 1. The van der Waals surface area contributed by atoms with Crippen LogP contribution in [0, 0.1) is 0 Å². The summed E-state index contributed by atoms with van der Waals surface area (Å²) in [6, 6.07) is 14.0. The highest BCUT2D eigenvalue weighted by Crippen LogP contribution is 2.41. The number of hydrogen-bond acceptors (Lipinski definition) is 6. The number of rotatable bonds is 2. The highest BCUT2D eigenvalue weighted by Gasteiger charge is 2.37. The van der Waals surface area contributed by atoms with Gasteiger partial charge in [-0.3, -0.25) is 4.79 Å². The van der Waals surface area contributed by atoms with E-state index in [9.17, 15) is 13.2 Å². The summed E-state index contributed by atoms with van der Waals surface area (Å²) in [4.78, 5) is 14.9. The van der Waals surface area contributed by atoms with E-state index < -0.39 is 9.84 Å². The predicted molar refractivity (Wildman–Crippen MR) is 110 cm³/mol. The van der Waals surface area contributed by atoms with Gasteiger partial charge in [0.15, 0.2) is 15.5 Å². The molecule has 2 N–H and O–H groups in total. The van der Waals surface area contributed by atoms with Crippen LogP contribution >= 0.6 is 0 Å². The van der Waals surface area contributed by atoms with Gasteiger partial charge in [0.1, 0.15) is 6.61 Å². The van der Waals surface area contributed by atoms with E-state index >= 15 is 0 Å². The first-order valence-corrected chi connectivity index (χ1v) is 11.0. The van der Waals surface area contributed by atoms with Crippen LogP contribution in [-0.4, -0.2) is 42.2 Å². The average molecular weight is 422 g/mol. The number of nitrogen functional groups attached to an aromatic ring is 1. The Labute approximate surface area is 173 Å². The van der Waals surface area contributed by atoms with Crippen LogP contribution in [0.2, 0.25) is 0 Å². The van der Waals surface area contributed by atoms with Gasteiger partial charge in [-0.05, 0) is 30.3 Å². The molecule has 2 aromatic carbocycles. The maximum atomic E-state index is 13.2. The van der Waals surface area contributed by atoms with Gasteiger partial charge in [-0.1, -0.05) is 18.2 Å². The number of anilines is 1. The van der Waals surface area contributed by atoms with Crippen molar-refractivity contribution < 1.29 is 17.9 Å². The molecular formula is C21H18N4O4S. The fraction of sp³-hybridized carbons (Fsp3) is 0.143. The van der Waals surface area contributed by atoms with Gasteiger partial charge < -0.3 is 15.4 Å². The highest BCUT2D eigenvalue weighted by atomic mass is 32.2. The normalized spacial score (nSPS) is 16.5. The van der Waals surface area contributed by atoms with Gasteiger partial charge >= 0.3 is 0 Å². The molecule has 0 saturated heterocycles. The Kier molecular flexibility index (Phi) is 4.14. The Morgan fingerprint density at radius 1 is 1.13 bits per heavy atom. The first-order chi connectivity index (χ1) is 14.5. The molecule has 30 heavy (non-hydrogen) atoms. The van der Waals surface area contributed by atoms with E-state index in [0.717, 1.165) is 5.69 Å². The number of ether oxygens (including phenoxy) is 1. The Hall–Kier alpha value is -3.59. The van der Waals surface area contributed by atoms with Crippen molar-refractivity contribution in [3.8, 4) is 16.9 Å². The van der Waals surface area contributed by atoms with Crippen molar-refractivity contribution in [3.63, 3.8) is 0 Å². The van der Waals surface area contributed by atoms with Gasteiger partial charge in [-0.25, -0.2) is 13.1 Å². The Balaban J connectivity index is 1.79. The minimum absolute atomic E-state index is 0.108. The molecule has 0 unspecified atom stereocenters. The zero-order valence-corrected chi connectivity index (χ0v) is 16.7. The summed E-state index contributed by atoms with van der Waals surface area (Å²) in [5.74, 6) is -0.677. The zero-order valence-electron chi connectivity index (χ0n) is 15.9. The molecule has 3 heterocycles. The number of nitrogens with zero attached hydrogens (tertiary/aromatic N) is 3. The van der Waals surface area contributed by atoms with Crippen molar-refractivity contribution in [1.82, 2.24) is 14.7 Å². The quantitative estimate of drug-likeness (QED) is 0.635. The van der Waals surface area contributed by atoms with Crippen LogP contribution in [-0.2, 0) is 20.3 Å². The van der Waals surface area contributed by atoms with Gasteiger partial charge in [0.25, 0.3) is 5.91 Å². The van der Waals surface area contributed by atoms with Gasteiger partial charge in [-0.2, -0.15) is 5.10 Å². The first kappa shape index (κ1) is 18.4. The van der Waals surface area contributed by atoms with Crippen molar-refractivity contribution >= 4 is 21.4 Å². The van der Waals surface area contributed by atoms with Crippen LogP contribution < -0.4 is 5.73 Å². The van der Waals surface area contributed by atoms with Gasteiger partial charge in [-0.15, -0.1) is 0 Å². The highest BCUT2D eigenvalue weighted by molar-refractivity contribution is 7.90. The van der Waals surface area contributed by atoms with Gasteiger partial charge in [0.05, 0.1) is 34.8 Å². The molecule has 0 atom stereocenters. The Bertz CT molecular complexity index is 1300. The lowest BCUT2D eigenvalue weighted by Crippen LogP contribution is -2.32. The van der Waals surface area contributed by atoms with Gasteiger partial charge in [0.2, 0.25) is 0 Å². The van der Waals surface area contributed by atoms with E-state index in [0.29, 0.717) is 35.7 Å². The number of para-hydroxylation sites is 1. The molecule has 5 rings (SSSR count). The van der Waals surface area contributed by atoms with E-state index in [-0.39, 0.29) is 22.2 Å². The maximum absolute atomic E-state index is 13.2. The molecule has 152 valence electrons. The molecule has 0 aliphatic carbocycles. The Morgan fingerprint density at radius 3 is 2.67 bits per heavy atom. The van der Waals surface area contributed by atoms with Crippen molar-refractivity contribution in [2.24, 2.45) is 0 Å². The molecule has 0 saturated carbocycles. The van der Waals surface area contributed by atoms with E-state index in [1.54, 1.807) is 16.8 Å². The molecule has 1 amide bonds. The summed E-state index contributed by atoms with van der Waals surface area (Å²) in [6.07, 6.45) is 2.97. The summed E-state index contributed by atoms with van der Waals surface area (Å²) >= 11 is 0. The predicted octanol–water partition coefficient (Wildman–Crippen LogP) is 2.35. The van der Waals surface area contributed by atoms with E-state index in [1.807, 2.05) is 30.3 Å². The third-order valence-corrected chi connectivity index (χ3v) is 6.86. The molecule has 0 spiro atoms. The first-order valence-electron chi connectivity index (χ1n) is 9.35. The number of sulfone groups is 1. The third kappa shape index (κ3) is 2.86. The minimum atomic E-state index is -3.65. The molecular weight excluding hydrogens is 404 g/mol. The van der Waals surface area contributed by atoms with E-state index in [4.69, 9.17) is 10.5 Å². The topological polar surface area (TPSA) is 108 Å². The number of aromatic nitrogens is 2. The number of nitrogens with two attached hydrogens (primary N) is 1. The summed E-state index contributed by atoms with van der Waals surface area (Å²) in [6.45, 7) is 0.722. The Morgan fingerprint density at radius 2 is 1.93 bits per heavy atom. The van der Waals surface area contributed by atoms with E-state index in [1.165, 1.54) is 23.4 Å².